The lowest BCUT2D eigenvalue weighted by atomic mass is 10.1. The second-order valence-electron chi connectivity index (χ2n) is 6.55. The molecule has 1 aliphatic rings. The van der Waals surface area contributed by atoms with Crippen LogP contribution in [0.2, 0.25) is 0 Å². The van der Waals surface area contributed by atoms with Gasteiger partial charge in [0.1, 0.15) is 24.2 Å². The molecule has 4 unspecified atom stereocenters. The molecule has 164 valence electrons. The maximum absolute atomic E-state index is 12.6. The minimum absolute atomic E-state index is 0.141. The van der Waals surface area contributed by atoms with Crippen molar-refractivity contribution in [3.63, 3.8) is 0 Å². The summed E-state index contributed by atoms with van der Waals surface area (Å²) in [5.41, 5.74) is 5.35. The molecule has 13 nitrogen and oxygen atoms in total. The molecule has 0 saturated carbocycles. The monoisotopic (exact) mass is 418 g/mol. The Labute approximate surface area is 165 Å². The number of hydrogen-bond acceptors (Lipinski definition) is 8. The van der Waals surface area contributed by atoms with Gasteiger partial charge in [0.2, 0.25) is 17.7 Å². The number of carboxylic acid groups (broad SMARTS) is 2. The fourth-order valence-electron chi connectivity index (χ4n) is 2.84. The average Bonchev–Trinajstić information content (AvgIpc) is 3.17. The summed E-state index contributed by atoms with van der Waals surface area (Å²) in [6.07, 6.45) is -0.135. The van der Waals surface area contributed by atoms with Gasteiger partial charge in [-0.3, -0.25) is 19.2 Å². The topological polar surface area (TPSA) is 220 Å². The second kappa shape index (κ2) is 11.3. The van der Waals surface area contributed by atoms with E-state index in [0.717, 1.165) is 4.90 Å². The molecule has 0 aromatic carbocycles. The molecule has 1 aliphatic heterocycles. The van der Waals surface area contributed by atoms with Crippen LogP contribution in [0.4, 0.5) is 0 Å². The third-order valence-electron chi connectivity index (χ3n) is 4.43. The Kier molecular flexibility index (Phi) is 9.44. The minimum Gasteiger partial charge on any atom is -0.481 e. The molecule has 1 fully saturated rings. The molecule has 0 aromatic rings. The fraction of sp³-hybridized carbons (Fsp3) is 0.688. The maximum atomic E-state index is 12.6. The van der Waals surface area contributed by atoms with Crippen LogP contribution in [0.15, 0.2) is 0 Å². The number of rotatable bonds is 11. The van der Waals surface area contributed by atoms with Gasteiger partial charge >= 0.3 is 11.9 Å². The largest absolute Gasteiger partial charge is 0.481 e. The summed E-state index contributed by atoms with van der Waals surface area (Å²) in [5, 5.41) is 40.6. The third kappa shape index (κ3) is 6.96. The van der Waals surface area contributed by atoms with Gasteiger partial charge in [0.05, 0.1) is 13.2 Å². The molecule has 1 saturated heterocycles. The first-order valence-electron chi connectivity index (χ1n) is 8.95. The van der Waals surface area contributed by atoms with E-state index in [1.165, 1.54) is 0 Å². The number of nitrogens with two attached hydrogens (primary N) is 1. The molecule has 29 heavy (non-hydrogen) atoms. The molecule has 0 radical (unpaired) electrons. The van der Waals surface area contributed by atoms with Crippen molar-refractivity contribution in [3.8, 4) is 0 Å². The number of nitrogens with one attached hydrogen (secondary N) is 2. The highest BCUT2D eigenvalue weighted by atomic mass is 16.4. The van der Waals surface area contributed by atoms with Gasteiger partial charge < -0.3 is 41.7 Å². The zero-order valence-corrected chi connectivity index (χ0v) is 15.6. The van der Waals surface area contributed by atoms with Crippen molar-refractivity contribution in [1.82, 2.24) is 15.5 Å². The highest BCUT2D eigenvalue weighted by molar-refractivity contribution is 5.94. The van der Waals surface area contributed by atoms with Gasteiger partial charge in [0.15, 0.2) is 0 Å². The molecular formula is C16H26N4O9. The molecule has 0 bridgehead atoms. The Balaban J connectivity index is 2.82. The molecule has 1 heterocycles. The van der Waals surface area contributed by atoms with E-state index in [0.29, 0.717) is 6.42 Å². The van der Waals surface area contributed by atoms with Crippen molar-refractivity contribution in [2.75, 3.05) is 19.8 Å². The van der Waals surface area contributed by atoms with Crippen LogP contribution >= 0.6 is 0 Å². The lowest BCUT2D eigenvalue weighted by Gasteiger charge is -2.29. The first kappa shape index (κ1) is 24.3. The van der Waals surface area contributed by atoms with Crippen LogP contribution in [0.3, 0.4) is 0 Å². The highest BCUT2D eigenvalue weighted by Gasteiger charge is 2.39. The molecule has 13 heteroatoms. The predicted octanol–water partition coefficient (Wildman–Crippen LogP) is -3.79. The zero-order chi connectivity index (χ0) is 22.1. The summed E-state index contributed by atoms with van der Waals surface area (Å²) < 4.78 is 0. The number of nitrogens with zero attached hydrogens (tertiary/aromatic N) is 1. The van der Waals surface area contributed by atoms with E-state index in [4.69, 9.17) is 21.1 Å². The quantitative estimate of drug-likeness (QED) is 0.173. The number of hydrogen-bond donors (Lipinski definition) is 7. The fourth-order valence-corrected chi connectivity index (χ4v) is 2.84. The summed E-state index contributed by atoms with van der Waals surface area (Å²) in [6.45, 7) is -1.30. The predicted molar refractivity (Wildman–Crippen MR) is 95.2 cm³/mol. The molecule has 0 aromatic heterocycles. The van der Waals surface area contributed by atoms with E-state index in [9.17, 15) is 29.1 Å². The van der Waals surface area contributed by atoms with Crippen molar-refractivity contribution < 1.29 is 44.4 Å². The van der Waals surface area contributed by atoms with Crippen molar-refractivity contribution >= 4 is 29.7 Å². The Morgan fingerprint density at radius 3 is 2.21 bits per heavy atom. The number of aliphatic hydroxyl groups excluding tert-OH is 2. The summed E-state index contributed by atoms with van der Waals surface area (Å²) in [6, 6.07) is -5.16. The first-order chi connectivity index (χ1) is 13.6. The van der Waals surface area contributed by atoms with Crippen molar-refractivity contribution in [2.45, 2.75) is 49.9 Å². The van der Waals surface area contributed by atoms with Crippen LogP contribution in [0, 0.1) is 0 Å². The molecule has 0 aliphatic carbocycles. The van der Waals surface area contributed by atoms with Gasteiger partial charge in [-0.05, 0) is 19.3 Å². The van der Waals surface area contributed by atoms with Crippen molar-refractivity contribution in [1.29, 1.82) is 0 Å². The van der Waals surface area contributed by atoms with Gasteiger partial charge in [0.25, 0.3) is 0 Å². The smallest absolute Gasteiger partial charge is 0.326 e. The van der Waals surface area contributed by atoms with E-state index < -0.39 is 73.5 Å². The molecule has 4 atom stereocenters. The van der Waals surface area contributed by atoms with Crippen LogP contribution in [-0.2, 0) is 24.0 Å². The number of amides is 3. The lowest BCUT2D eigenvalue weighted by Crippen LogP contribution is -2.58. The van der Waals surface area contributed by atoms with Gasteiger partial charge in [-0.2, -0.15) is 0 Å². The number of aliphatic carboxylic acids is 2. The van der Waals surface area contributed by atoms with E-state index in [1.807, 2.05) is 0 Å². The minimum atomic E-state index is -1.44. The van der Waals surface area contributed by atoms with Crippen LogP contribution in [0.25, 0.3) is 0 Å². The molecular weight excluding hydrogens is 392 g/mol. The highest BCUT2D eigenvalue weighted by Crippen LogP contribution is 2.19. The SMILES string of the molecule is NC(CO)C(=O)NC(CO)C(=O)N1CCCC1C(=O)NC(CCC(=O)O)C(=O)O. The normalized spacial score (nSPS) is 19.1. The Bertz CT molecular complexity index is 642. The maximum Gasteiger partial charge on any atom is 0.326 e. The Hall–Kier alpha value is -2.77. The standard InChI is InChI=1S/C16H26N4O9/c17-8(6-21)13(25)19-10(7-22)15(27)20-5-1-2-11(20)14(26)18-9(16(28)29)3-4-12(23)24/h8-11,21-22H,1-7,17H2,(H,18,26)(H,19,25)(H,23,24)(H,28,29). The Morgan fingerprint density at radius 1 is 1.03 bits per heavy atom. The second-order valence-corrected chi connectivity index (χ2v) is 6.55. The van der Waals surface area contributed by atoms with E-state index in [1.54, 1.807) is 0 Å². The van der Waals surface area contributed by atoms with Crippen molar-refractivity contribution in [3.05, 3.63) is 0 Å². The van der Waals surface area contributed by atoms with E-state index in [2.05, 4.69) is 10.6 Å². The number of carbonyl (C=O) groups excluding carboxylic acids is 3. The first-order valence-corrected chi connectivity index (χ1v) is 8.95. The van der Waals surface area contributed by atoms with Crippen molar-refractivity contribution in [2.24, 2.45) is 5.73 Å². The van der Waals surface area contributed by atoms with Gasteiger partial charge in [-0.15, -0.1) is 0 Å². The number of carboxylic acids is 2. The molecule has 0 spiro atoms. The molecule has 8 N–H and O–H groups in total. The summed E-state index contributed by atoms with van der Waals surface area (Å²) in [5.74, 6) is -5.02. The van der Waals surface area contributed by atoms with Gasteiger partial charge in [-0.25, -0.2) is 4.79 Å². The van der Waals surface area contributed by atoms with Crippen LogP contribution in [-0.4, -0.2) is 98.9 Å². The molecule has 1 rings (SSSR count). The summed E-state index contributed by atoms with van der Waals surface area (Å²) in [7, 11) is 0. The lowest BCUT2D eigenvalue weighted by molar-refractivity contribution is -0.145. The summed E-state index contributed by atoms with van der Waals surface area (Å²) in [4.78, 5) is 59.9. The zero-order valence-electron chi connectivity index (χ0n) is 15.6. The number of aliphatic hydroxyl groups is 2. The van der Waals surface area contributed by atoms with Gasteiger partial charge in [0, 0.05) is 13.0 Å². The Morgan fingerprint density at radius 2 is 1.69 bits per heavy atom. The number of likely N-dealkylation sites (tertiary alicyclic amines) is 1. The van der Waals surface area contributed by atoms with Crippen LogP contribution in [0.5, 0.6) is 0 Å². The van der Waals surface area contributed by atoms with E-state index >= 15 is 0 Å². The number of carbonyl (C=O) groups is 5. The van der Waals surface area contributed by atoms with Gasteiger partial charge in [-0.1, -0.05) is 0 Å². The summed E-state index contributed by atoms with van der Waals surface area (Å²) >= 11 is 0. The molecule has 3 amide bonds. The van der Waals surface area contributed by atoms with E-state index in [-0.39, 0.29) is 19.4 Å². The van der Waals surface area contributed by atoms with Crippen LogP contribution < -0.4 is 16.4 Å². The third-order valence-corrected chi connectivity index (χ3v) is 4.43. The average molecular weight is 418 g/mol. The van der Waals surface area contributed by atoms with Crippen LogP contribution in [0.1, 0.15) is 25.7 Å².